The van der Waals surface area contributed by atoms with Gasteiger partial charge in [0.15, 0.2) is 18.1 Å². The number of nitrogens with zero attached hydrogens (tertiary/aromatic N) is 1. The van der Waals surface area contributed by atoms with Crippen molar-refractivity contribution in [2.45, 2.75) is 13.5 Å². The molecular weight excluding hydrogens is 351 g/mol. The van der Waals surface area contributed by atoms with Gasteiger partial charge >= 0.3 is 0 Å². The monoisotopic (exact) mass is 374 g/mol. The maximum absolute atomic E-state index is 13.6. The van der Waals surface area contributed by atoms with Gasteiger partial charge < -0.3 is 19.7 Å². The van der Waals surface area contributed by atoms with Crippen molar-refractivity contribution in [2.75, 3.05) is 27.8 Å². The molecule has 6 nitrogen and oxygen atoms in total. The molecule has 7 heteroatoms. The lowest BCUT2D eigenvalue weighted by Crippen LogP contribution is -2.27. The van der Waals surface area contributed by atoms with Crippen molar-refractivity contribution in [2.24, 2.45) is 0 Å². The summed E-state index contributed by atoms with van der Waals surface area (Å²) >= 11 is 0. The Kier molecular flexibility index (Phi) is 6.76. The number of nitrogens with one attached hydrogen (secondary N) is 1. The Morgan fingerprint density at radius 1 is 1.11 bits per heavy atom. The van der Waals surface area contributed by atoms with Crippen LogP contribution in [0, 0.1) is 12.7 Å². The van der Waals surface area contributed by atoms with Crippen LogP contribution in [0.1, 0.15) is 21.5 Å². The van der Waals surface area contributed by atoms with Crippen LogP contribution in [0.4, 0.5) is 4.39 Å². The number of rotatable bonds is 7. The third-order valence-electron chi connectivity index (χ3n) is 3.97. The van der Waals surface area contributed by atoms with E-state index in [4.69, 9.17) is 9.47 Å². The van der Waals surface area contributed by atoms with E-state index >= 15 is 0 Å². The maximum atomic E-state index is 13.6. The van der Waals surface area contributed by atoms with Crippen LogP contribution in [0.15, 0.2) is 36.4 Å². The second-order valence-corrected chi connectivity index (χ2v) is 6.21. The van der Waals surface area contributed by atoms with Crippen LogP contribution in [-0.4, -0.2) is 44.5 Å². The Labute approximate surface area is 157 Å². The lowest BCUT2D eigenvalue weighted by Gasteiger charge is -2.14. The van der Waals surface area contributed by atoms with Crippen molar-refractivity contribution in [3.05, 3.63) is 58.9 Å². The molecule has 0 aliphatic heterocycles. The molecule has 2 aromatic rings. The summed E-state index contributed by atoms with van der Waals surface area (Å²) in [6, 6.07) is 9.50. The van der Waals surface area contributed by atoms with Gasteiger partial charge in [0.1, 0.15) is 5.82 Å². The van der Waals surface area contributed by atoms with Crippen molar-refractivity contribution in [3.63, 3.8) is 0 Å². The molecule has 2 amide bonds. The number of methoxy groups -OCH3 is 1. The Morgan fingerprint density at radius 3 is 2.48 bits per heavy atom. The lowest BCUT2D eigenvalue weighted by atomic mass is 10.1. The molecule has 0 aromatic heterocycles. The fraction of sp³-hybridized carbons (Fsp3) is 0.300. The lowest BCUT2D eigenvalue weighted by molar-refractivity contribution is -0.130. The zero-order valence-corrected chi connectivity index (χ0v) is 15.8. The predicted octanol–water partition coefficient (Wildman–Crippen LogP) is 2.54. The number of likely N-dealkylation sites (N-methyl/N-ethyl adjacent to an activating group) is 1. The van der Waals surface area contributed by atoms with E-state index in [-0.39, 0.29) is 30.5 Å². The van der Waals surface area contributed by atoms with Gasteiger partial charge in [0.05, 0.1) is 7.11 Å². The van der Waals surface area contributed by atoms with Gasteiger partial charge in [-0.25, -0.2) is 4.39 Å². The Bertz CT molecular complexity index is 837. The van der Waals surface area contributed by atoms with Crippen molar-refractivity contribution in [1.29, 1.82) is 0 Å². The number of aryl methyl sites for hydroxylation is 1. The molecule has 0 saturated heterocycles. The van der Waals surface area contributed by atoms with Crippen LogP contribution < -0.4 is 14.8 Å². The first kappa shape index (κ1) is 20.2. The summed E-state index contributed by atoms with van der Waals surface area (Å²) in [5, 5.41) is 2.74. The second-order valence-electron chi connectivity index (χ2n) is 6.21. The standard InChI is InChI=1S/C20H23FN2O4/c1-13-5-7-15(10-16(13)21)20(25)22-11-14-6-8-17(18(9-14)26-4)27-12-19(24)23(2)3/h5-10H,11-12H2,1-4H3,(H,22,25). The highest BCUT2D eigenvalue weighted by atomic mass is 19.1. The minimum Gasteiger partial charge on any atom is -0.493 e. The smallest absolute Gasteiger partial charge is 0.259 e. The van der Waals surface area contributed by atoms with Crippen LogP contribution in [0.2, 0.25) is 0 Å². The van der Waals surface area contributed by atoms with Gasteiger partial charge in [0.2, 0.25) is 0 Å². The summed E-state index contributed by atoms with van der Waals surface area (Å²) in [4.78, 5) is 25.2. The van der Waals surface area contributed by atoms with Crippen LogP contribution in [0.3, 0.4) is 0 Å². The van der Waals surface area contributed by atoms with E-state index < -0.39 is 5.82 Å². The van der Waals surface area contributed by atoms with E-state index in [9.17, 15) is 14.0 Å². The zero-order chi connectivity index (χ0) is 20.0. The van der Waals surface area contributed by atoms with Gasteiger partial charge in [-0.05, 0) is 42.3 Å². The quantitative estimate of drug-likeness (QED) is 0.809. The normalized spacial score (nSPS) is 10.3. The Hall–Kier alpha value is -3.09. The molecule has 144 valence electrons. The first-order valence-corrected chi connectivity index (χ1v) is 8.36. The van der Waals surface area contributed by atoms with E-state index in [0.717, 1.165) is 5.56 Å². The van der Waals surface area contributed by atoms with Crippen molar-refractivity contribution in [3.8, 4) is 11.5 Å². The number of carbonyl (C=O) groups excluding carboxylic acids is 2. The van der Waals surface area contributed by atoms with Crippen LogP contribution in [0.25, 0.3) is 0 Å². The Morgan fingerprint density at radius 2 is 1.85 bits per heavy atom. The molecular formula is C20H23FN2O4. The molecule has 0 spiro atoms. The maximum Gasteiger partial charge on any atom is 0.259 e. The molecule has 27 heavy (non-hydrogen) atoms. The minimum absolute atomic E-state index is 0.0988. The van der Waals surface area contributed by atoms with Gasteiger partial charge in [-0.15, -0.1) is 0 Å². The van der Waals surface area contributed by atoms with Gasteiger partial charge in [-0.2, -0.15) is 0 Å². The molecule has 0 fully saturated rings. The highest BCUT2D eigenvalue weighted by Gasteiger charge is 2.11. The molecule has 0 aliphatic rings. The molecule has 2 aromatic carbocycles. The van der Waals surface area contributed by atoms with Crippen molar-refractivity contribution >= 4 is 11.8 Å². The summed E-state index contributed by atoms with van der Waals surface area (Å²) in [7, 11) is 4.79. The van der Waals surface area contributed by atoms with E-state index in [2.05, 4.69) is 5.32 Å². The minimum atomic E-state index is -0.418. The van der Waals surface area contributed by atoms with Crippen LogP contribution in [0.5, 0.6) is 11.5 Å². The summed E-state index contributed by atoms with van der Waals surface area (Å²) in [6.45, 7) is 1.78. The zero-order valence-electron chi connectivity index (χ0n) is 15.8. The fourth-order valence-corrected chi connectivity index (χ4v) is 2.23. The number of ether oxygens (including phenoxy) is 2. The van der Waals surface area contributed by atoms with Gasteiger partial charge in [0, 0.05) is 26.2 Å². The van der Waals surface area contributed by atoms with Crippen molar-refractivity contribution < 1.29 is 23.5 Å². The molecule has 0 heterocycles. The van der Waals surface area contributed by atoms with Crippen LogP contribution in [-0.2, 0) is 11.3 Å². The summed E-state index contributed by atoms with van der Waals surface area (Å²) in [5.74, 6) is -0.0698. The SMILES string of the molecule is COc1cc(CNC(=O)c2ccc(C)c(F)c2)ccc1OCC(=O)N(C)C. The number of hydrogen-bond donors (Lipinski definition) is 1. The third kappa shape index (κ3) is 5.44. The molecule has 0 saturated carbocycles. The van der Waals surface area contributed by atoms with E-state index in [1.54, 1.807) is 51.4 Å². The molecule has 0 unspecified atom stereocenters. The highest BCUT2D eigenvalue weighted by Crippen LogP contribution is 2.28. The van der Waals surface area contributed by atoms with Crippen LogP contribution >= 0.6 is 0 Å². The van der Waals surface area contributed by atoms with Gasteiger partial charge in [-0.1, -0.05) is 12.1 Å². The van der Waals surface area contributed by atoms with E-state index in [1.807, 2.05) is 0 Å². The number of hydrogen-bond acceptors (Lipinski definition) is 4. The Balaban J connectivity index is 2.01. The molecule has 1 N–H and O–H groups in total. The number of benzene rings is 2. The third-order valence-corrected chi connectivity index (χ3v) is 3.97. The fourth-order valence-electron chi connectivity index (χ4n) is 2.23. The molecule has 0 atom stereocenters. The molecule has 0 bridgehead atoms. The second kappa shape index (κ2) is 9.02. The summed E-state index contributed by atoms with van der Waals surface area (Å²) < 4.78 is 24.4. The van der Waals surface area contributed by atoms with Gasteiger partial charge in [-0.3, -0.25) is 9.59 Å². The van der Waals surface area contributed by atoms with Gasteiger partial charge in [0.25, 0.3) is 11.8 Å². The number of amides is 2. The molecule has 2 rings (SSSR count). The number of carbonyl (C=O) groups is 2. The first-order chi connectivity index (χ1) is 12.8. The average molecular weight is 374 g/mol. The largest absolute Gasteiger partial charge is 0.493 e. The van der Waals surface area contributed by atoms with E-state index in [0.29, 0.717) is 17.1 Å². The molecule has 0 aliphatic carbocycles. The molecule has 0 radical (unpaired) electrons. The van der Waals surface area contributed by atoms with E-state index in [1.165, 1.54) is 18.1 Å². The van der Waals surface area contributed by atoms with Crippen molar-refractivity contribution in [1.82, 2.24) is 10.2 Å². The topological polar surface area (TPSA) is 67.9 Å². The average Bonchev–Trinajstić information content (AvgIpc) is 2.66. The number of halogens is 1. The highest BCUT2D eigenvalue weighted by molar-refractivity contribution is 5.94. The first-order valence-electron chi connectivity index (χ1n) is 8.36. The summed E-state index contributed by atoms with van der Waals surface area (Å²) in [6.07, 6.45) is 0. The predicted molar refractivity (Wildman–Crippen MR) is 99.5 cm³/mol. The summed E-state index contributed by atoms with van der Waals surface area (Å²) in [5.41, 5.74) is 1.52.